The lowest BCUT2D eigenvalue weighted by Gasteiger charge is -2.27. The summed E-state index contributed by atoms with van der Waals surface area (Å²) in [5.41, 5.74) is 4.62. The van der Waals surface area contributed by atoms with Crippen LogP contribution in [0.15, 0.2) is 83.5 Å². The summed E-state index contributed by atoms with van der Waals surface area (Å²) in [6, 6.07) is 22.6. The van der Waals surface area contributed by atoms with E-state index < -0.39 is 7.60 Å². The van der Waals surface area contributed by atoms with Crippen LogP contribution in [0.2, 0.25) is 5.02 Å². The molecular weight excluding hydrogens is 563 g/mol. The Kier molecular flexibility index (Phi) is 7.77. The number of halogens is 1. The largest absolute Gasteiger partial charge is 0.427 e. The molecular formula is C30H28ClN4O5P. The number of aromatic nitrogens is 3. The van der Waals surface area contributed by atoms with E-state index in [0.29, 0.717) is 47.8 Å². The highest BCUT2D eigenvalue weighted by atomic mass is 35.5. The number of amides is 1. The molecule has 1 N–H and O–H groups in total. The van der Waals surface area contributed by atoms with Crippen molar-refractivity contribution < 1.29 is 22.8 Å². The van der Waals surface area contributed by atoms with E-state index in [2.05, 4.69) is 10.3 Å². The molecule has 5 aromatic rings. The molecule has 0 bridgehead atoms. The minimum absolute atomic E-state index is 0.174. The maximum atomic E-state index is 12.9. The monoisotopic (exact) mass is 590 g/mol. The molecule has 9 nitrogen and oxygen atoms in total. The van der Waals surface area contributed by atoms with Gasteiger partial charge < -0.3 is 18.8 Å². The van der Waals surface area contributed by atoms with E-state index in [-0.39, 0.29) is 24.4 Å². The van der Waals surface area contributed by atoms with Gasteiger partial charge >= 0.3 is 13.6 Å². The van der Waals surface area contributed by atoms with Gasteiger partial charge in [-0.3, -0.25) is 13.9 Å². The number of nitrogens with one attached hydrogen (secondary N) is 1. The molecule has 210 valence electrons. The number of para-hydroxylation sites is 2. The van der Waals surface area contributed by atoms with Gasteiger partial charge in [0, 0.05) is 35.0 Å². The van der Waals surface area contributed by atoms with Crippen molar-refractivity contribution in [1.29, 1.82) is 0 Å². The SMILES string of the molecule is CC1COP(=O)(Cc2ccc(NC(=O)CCc3oc(-n4cnc5ccccc54)nc3-c3ccc(Cl)cc3)cc2)OC1. The number of carbonyl (C=O) groups is 1. The van der Waals surface area contributed by atoms with Crippen LogP contribution in [-0.4, -0.2) is 33.7 Å². The third-order valence-corrected chi connectivity index (χ3v) is 8.86. The van der Waals surface area contributed by atoms with Crippen molar-refractivity contribution in [3.63, 3.8) is 0 Å². The van der Waals surface area contributed by atoms with Crippen molar-refractivity contribution >= 4 is 41.8 Å². The average molecular weight is 591 g/mol. The quantitative estimate of drug-likeness (QED) is 0.189. The highest BCUT2D eigenvalue weighted by Crippen LogP contribution is 2.54. The molecule has 41 heavy (non-hydrogen) atoms. The second kappa shape index (κ2) is 11.6. The van der Waals surface area contributed by atoms with Gasteiger partial charge in [0.2, 0.25) is 5.91 Å². The van der Waals surface area contributed by atoms with Crippen LogP contribution < -0.4 is 5.32 Å². The molecule has 0 spiro atoms. The summed E-state index contributed by atoms with van der Waals surface area (Å²) >= 11 is 6.11. The van der Waals surface area contributed by atoms with Crippen molar-refractivity contribution in [1.82, 2.24) is 14.5 Å². The Morgan fingerprint density at radius 2 is 1.78 bits per heavy atom. The summed E-state index contributed by atoms with van der Waals surface area (Å²) in [5, 5.41) is 3.53. The summed E-state index contributed by atoms with van der Waals surface area (Å²) in [7, 11) is -3.14. The Morgan fingerprint density at radius 3 is 2.54 bits per heavy atom. The Hall–Kier alpha value is -3.75. The highest BCUT2D eigenvalue weighted by Gasteiger charge is 2.31. The van der Waals surface area contributed by atoms with Crippen LogP contribution in [0.5, 0.6) is 0 Å². The molecule has 1 aliphatic rings. The van der Waals surface area contributed by atoms with E-state index in [4.69, 9.17) is 30.0 Å². The molecule has 0 unspecified atom stereocenters. The normalized spacial score (nSPS) is 18.9. The van der Waals surface area contributed by atoms with Gasteiger partial charge in [0.1, 0.15) is 17.8 Å². The van der Waals surface area contributed by atoms with Crippen LogP contribution in [0.1, 0.15) is 24.7 Å². The van der Waals surface area contributed by atoms with Crippen LogP contribution in [0, 0.1) is 5.92 Å². The zero-order valence-electron chi connectivity index (χ0n) is 22.3. The fourth-order valence-corrected chi connectivity index (χ4v) is 6.59. The molecule has 1 aliphatic heterocycles. The number of anilines is 1. The number of oxazole rings is 1. The van der Waals surface area contributed by atoms with Crippen molar-refractivity contribution in [3.8, 4) is 17.3 Å². The van der Waals surface area contributed by atoms with Crippen LogP contribution in [0.4, 0.5) is 5.69 Å². The van der Waals surface area contributed by atoms with Crippen molar-refractivity contribution in [2.75, 3.05) is 18.5 Å². The van der Waals surface area contributed by atoms with Crippen LogP contribution in [0.25, 0.3) is 28.3 Å². The predicted octanol–water partition coefficient (Wildman–Crippen LogP) is 7.28. The number of hydrogen-bond acceptors (Lipinski definition) is 7. The minimum atomic E-state index is -3.14. The van der Waals surface area contributed by atoms with E-state index in [1.165, 1.54) is 0 Å². The van der Waals surface area contributed by atoms with Gasteiger partial charge in [-0.05, 0) is 42.0 Å². The number of carbonyl (C=O) groups excluding carboxylic acids is 1. The molecule has 0 aliphatic carbocycles. The van der Waals surface area contributed by atoms with Crippen molar-refractivity contribution in [2.24, 2.45) is 5.92 Å². The van der Waals surface area contributed by atoms with Crippen LogP contribution >= 0.6 is 19.2 Å². The molecule has 0 atom stereocenters. The van der Waals surface area contributed by atoms with Crippen LogP contribution in [0.3, 0.4) is 0 Å². The number of imidazole rings is 1. The lowest BCUT2D eigenvalue weighted by Crippen LogP contribution is -2.19. The predicted molar refractivity (Wildman–Crippen MR) is 157 cm³/mol. The molecule has 11 heteroatoms. The van der Waals surface area contributed by atoms with E-state index in [1.807, 2.05) is 55.5 Å². The smallest absolute Gasteiger partial charge is 0.335 e. The van der Waals surface area contributed by atoms with Gasteiger partial charge in [-0.1, -0.05) is 54.9 Å². The number of nitrogens with zero attached hydrogens (tertiary/aromatic N) is 3. The molecule has 1 fully saturated rings. The first-order chi connectivity index (χ1) is 19.8. The zero-order chi connectivity index (χ0) is 28.4. The first kappa shape index (κ1) is 27.4. The molecule has 1 amide bonds. The summed E-state index contributed by atoms with van der Waals surface area (Å²) in [6.07, 6.45) is 2.38. The van der Waals surface area contributed by atoms with E-state index in [9.17, 15) is 9.36 Å². The topological polar surface area (TPSA) is 108 Å². The Balaban J connectivity index is 1.15. The molecule has 2 aromatic heterocycles. The van der Waals surface area contributed by atoms with E-state index >= 15 is 0 Å². The van der Waals surface area contributed by atoms with Gasteiger partial charge in [0.25, 0.3) is 0 Å². The Labute approximate surface area is 242 Å². The van der Waals surface area contributed by atoms with Gasteiger partial charge in [-0.2, -0.15) is 4.98 Å². The minimum Gasteiger partial charge on any atom is -0.427 e. The molecule has 3 heterocycles. The average Bonchev–Trinajstić information content (AvgIpc) is 3.60. The van der Waals surface area contributed by atoms with Gasteiger partial charge in [-0.25, -0.2) is 4.98 Å². The third kappa shape index (κ3) is 6.29. The molecule has 0 saturated carbocycles. The lowest BCUT2D eigenvalue weighted by atomic mass is 10.1. The summed E-state index contributed by atoms with van der Waals surface area (Å²) in [5.74, 6) is 0.634. The first-order valence-electron chi connectivity index (χ1n) is 13.3. The third-order valence-electron chi connectivity index (χ3n) is 6.77. The van der Waals surface area contributed by atoms with E-state index in [0.717, 1.165) is 22.2 Å². The fraction of sp³-hybridized carbons (Fsp3) is 0.233. The molecule has 6 rings (SSSR count). The van der Waals surface area contributed by atoms with Crippen molar-refractivity contribution in [2.45, 2.75) is 25.9 Å². The summed E-state index contributed by atoms with van der Waals surface area (Å²) in [6.45, 7) is 2.84. The standard InChI is InChI=1S/C30H28ClN4O5P/c1-20-16-38-41(37,39-17-20)18-21-6-12-24(13-7-21)33-28(36)15-14-27-29(22-8-10-23(31)11-9-22)34-30(40-27)35-19-32-25-4-2-3-5-26(25)35/h2-13,19-20H,14-18H2,1H3,(H,33,36). The second-order valence-corrected chi connectivity index (χ2v) is 12.6. The summed E-state index contributed by atoms with van der Waals surface area (Å²) < 4.78 is 31.7. The van der Waals surface area contributed by atoms with Gasteiger partial charge in [-0.15, -0.1) is 0 Å². The maximum absolute atomic E-state index is 12.9. The van der Waals surface area contributed by atoms with Crippen molar-refractivity contribution in [3.05, 3.63) is 95.5 Å². The van der Waals surface area contributed by atoms with Gasteiger partial charge in [0.15, 0.2) is 0 Å². The first-order valence-corrected chi connectivity index (χ1v) is 15.4. The molecule has 1 saturated heterocycles. The number of hydrogen-bond donors (Lipinski definition) is 1. The highest BCUT2D eigenvalue weighted by molar-refractivity contribution is 7.53. The molecule has 0 radical (unpaired) electrons. The Morgan fingerprint density at radius 1 is 1.05 bits per heavy atom. The summed E-state index contributed by atoms with van der Waals surface area (Å²) in [4.78, 5) is 22.1. The Bertz CT molecular complexity index is 1720. The van der Waals surface area contributed by atoms with Crippen LogP contribution in [-0.2, 0) is 31.0 Å². The van der Waals surface area contributed by atoms with Gasteiger partial charge in [0.05, 0.1) is 30.4 Å². The lowest BCUT2D eigenvalue weighted by molar-refractivity contribution is -0.116. The second-order valence-electron chi connectivity index (χ2n) is 10.1. The van der Waals surface area contributed by atoms with E-state index in [1.54, 1.807) is 35.2 Å². The number of fused-ring (bicyclic) bond motifs is 1. The number of aryl methyl sites for hydroxylation is 1. The number of rotatable bonds is 8. The fourth-order valence-electron chi connectivity index (χ4n) is 4.58. The number of benzene rings is 3. The maximum Gasteiger partial charge on any atom is 0.335 e. The zero-order valence-corrected chi connectivity index (χ0v) is 24.0. The molecule has 3 aromatic carbocycles.